The van der Waals surface area contributed by atoms with Crippen molar-refractivity contribution in [1.82, 2.24) is 0 Å². The lowest BCUT2D eigenvalue weighted by atomic mass is 9.93. The molecule has 4 aliphatic rings. The van der Waals surface area contributed by atoms with Gasteiger partial charge in [0.05, 0.1) is 32.5 Å². The molecule has 0 unspecified atom stereocenters. The molecule has 4 heterocycles. The maximum Gasteiger partial charge on any atom is 0.211 e. The van der Waals surface area contributed by atoms with E-state index in [1.165, 1.54) is 24.3 Å². The summed E-state index contributed by atoms with van der Waals surface area (Å²) in [4.78, 5) is 31.1. The lowest BCUT2D eigenvalue weighted by Crippen LogP contribution is -2.11. The number of sulfone groups is 2. The molecular formula is C66H40N2O6S2. The van der Waals surface area contributed by atoms with Crippen molar-refractivity contribution in [3.05, 3.63) is 263 Å². The Morgan fingerprint density at radius 1 is 0.289 bits per heavy atom. The first kappa shape index (κ1) is 45.2. The van der Waals surface area contributed by atoms with Crippen molar-refractivity contribution in [2.75, 3.05) is 9.80 Å². The minimum absolute atomic E-state index is 0.0338. The molecule has 0 radical (unpaired) electrons. The molecule has 0 amide bonds. The van der Waals surface area contributed by atoms with Gasteiger partial charge in [-0.2, -0.15) is 0 Å². The van der Waals surface area contributed by atoms with Crippen molar-refractivity contribution < 1.29 is 26.4 Å². The van der Waals surface area contributed by atoms with Gasteiger partial charge in [-0.05, 0) is 142 Å². The zero-order valence-corrected chi connectivity index (χ0v) is 41.9. The van der Waals surface area contributed by atoms with Gasteiger partial charge in [-0.25, -0.2) is 16.8 Å². The van der Waals surface area contributed by atoms with Gasteiger partial charge in [0, 0.05) is 44.8 Å². The maximum absolute atomic E-state index is 13.7. The van der Waals surface area contributed by atoms with E-state index in [0.717, 1.165) is 89.8 Å². The average molecular weight is 1020 g/mol. The van der Waals surface area contributed by atoms with Crippen LogP contribution in [0.25, 0.3) is 67.8 Å². The maximum atomic E-state index is 13.7. The molecule has 14 rings (SSSR count). The summed E-state index contributed by atoms with van der Waals surface area (Å²) in [6.07, 6.45) is 3.00. The fourth-order valence-corrected chi connectivity index (χ4v) is 14.5. The number of fused-ring (bicyclic) bond motifs is 12. The van der Waals surface area contributed by atoms with Gasteiger partial charge in [-0.1, -0.05) is 146 Å². The van der Waals surface area contributed by atoms with E-state index in [0.29, 0.717) is 11.1 Å². The largest absolute Gasteiger partial charge is 0.309 e. The number of benzene rings is 10. The normalized spacial score (nSPS) is 16.1. The summed E-state index contributed by atoms with van der Waals surface area (Å²) >= 11 is 0. The van der Waals surface area contributed by atoms with Crippen molar-refractivity contribution in [1.29, 1.82) is 0 Å². The zero-order valence-electron chi connectivity index (χ0n) is 40.3. The molecule has 0 spiro atoms. The molecule has 10 heteroatoms. The van der Waals surface area contributed by atoms with Crippen LogP contribution in [0.5, 0.6) is 0 Å². The van der Waals surface area contributed by atoms with Crippen LogP contribution in [0.2, 0.25) is 0 Å². The molecule has 0 bridgehead atoms. The fourth-order valence-electron chi connectivity index (χ4n) is 11.3. The second-order valence-corrected chi connectivity index (χ2v) is 22.9. The lowest BCUT2D eigenvalue weighted by Gasteiger charge is -2.28. The van der Waals surface area contributed by atoms with Crippen LogP contribution in [0.1, 0.15) is 31.8 Å². The van der Waals surface area contributed by atoms with Crippen LogP contribution in [0.4, 0.5) is 34.1 Å². The Kier molecular flexibility index (Phi) is 10.1. The Hall–Kier alpha value is -9.48. The predicted molar refractivity (Wildman–Crippen MR) is 302 cm³/mol. The SMILES string of the molecule is O=C1/C(=C/c2ccc3c(c2)-c2ccccc2-c2ccccc2N3c2ccc(-c3ccc(N4c5ccccc5-c5ccccc5-c5cc(/C=C6/C(=O)c7ccccc7S6(=O)=O)ccc54)cc3)cc2)S(=O)(=O)c2ccccc21. The van der Waals surface area contributed by atoms with Crippen molar-refractivity contribution in [3.63, 3.8) is 0 Å². The third kappa shape index (κ3) is 6.88. The van der Waals surface area contributed by atoms with E-state index >= 15 is 0 Å². The van der Waals surface area contributed by atoms with E-state index in [1.54, 1.807) is 36.4 Å². The standard InChI is InChI=1S/C66H40N2O6S2/c69-65-53-19-7-11-23-61(53)75(71,72)63(65)39-41-25-35-59-55(37-41)49-15-3-1-13-47(49)51-17-5-9-21-57(51)67(59)45-31-27-43(28-32-45)44-29-33-46(34-30-44)68-58-22-10-6-18-52(58)48-14-2-4-16-50(48)56-38-42(26-36-60(56)68)40-64-66(70)54-20-8-12-24-62(54)76(64,73)74/h1-40H/b63-39-,64-40-. The first-order chi connectivity index (χ1) is 37.0. The summed E-state index contributed by atoms with van der Waals surface area (Å²) in [6, 6.07) is 74.4. The molecule has 76 heavy (non-hydrogen) atoms. The van der Waals surface area contributed by atoms with E-state index in [4.69, 9.17) is 0 Å². The Balaban J connectivity index is 0.832. The number of para-hydroxylation sites is 2. The van der Waals surface area contributed by atoms with Gasteiger partial charge in [0.15, 0.2) is 0 Å². The Morgan fingerprint density at radius 3 is 0.961 bits per heavy atom. The molecular weight excluding hydrogens is 981 g/mol. The van der Waals surface area contributed by atoms with Gasteiger partial charge >= 0.3 is 0 Å². The Labute approximate surface area is 439 Å². The highest BCUT2D eigenvalue weighted by Crippen LogP contribution is 2.53. The number of allylic oxidation sites excluding steroid dienone is 2. The minimum atomic E-state index is -3.99. The summed E-state index contributed by atoms with van der Waals surface area (Å²) in [6.45, 7) is 0. The van der Waals surface area contributed by atoms with E-state index < -0.39 is 31.2 Å². The number of Topliss-reactive ketones (excluding diaryl/α,β-unsaturated/α-hetero) is 2. The molecule has 362 valence electrons. The highest BCUT2D eigenvalue weighted by molar-refractivity contribution is 7.97. The van der Waals surface area contributed by atoms with Crippen LogP contribution in [0.3, 0.4) is 0 Å². The number of hydrogen-bond acceptors (Lipinski definition) is 8. The molecule has 0 aliphatic carbocycles. The summed E-state index contributed by atoms with van der Waals surface area (Å²) in [5.74, 6) is -1.01. The third-order valence-electron chi connectivity index (χ3n) is 14.9. The number of anilines is 6. The van der Waals surface area contributed by atoms with Crippen LogP contribution >= 0.6 is 0 Å². The fraction of sp³-hybridized carbons (Fsp3) is 0. The van der Waals surface area contributed by atoms with E-state index in [-0.39, 0.29) is 30.7 Å². The number of hydrogen-bond donors (Lipinski definition) is 0. The first-order valence-electron chi connectivity index (χ1n) is 24.7. The second-order valence-electron chi connectivity index (χ2n) is 19.1. The summed E-state index contributed by atoms with van der Waals surface area (Å²) in [5, 5.41) is 0. The molecule has 0 atom stereocenters. The molecule has 8 nitrogen and oxygen atoms in total. The average Bonchev–Trinajstić information content (AvgIpc) is 3.72. The van der Waals surface area contributed by atoms with Gasteiger partial charge in [0.2, 0.25) is 31.2 Å². The quantitative estimate of drug-likeness (QED) is 0.157. The number of nitrogens with zero attached hydrogens (tertiary/aromatic N) is 2. The highest BCUT2D eigenvalue weighted by Gasteiger charge is 2.40. The molecule has 0 N–H and O–H groups in total. The number of rotatable bonds is 5. The minimum Gasteiger partial charge on any atom is -0.309 e. The molecule has 10 aromatic carbocycles. The van der Waals surface area contributed by atoms with E-state index in [2.05, 4.69) is 107 Å². The third-order valence-corrected chi connectivity index (χ3v) is 18.5. The molecule has 0 saturated carbocycles. The van der Waals surface area contributed by atoms with Crippen LogP contribution in [-0.2, 0) is 19.7 Å². The van der Waals surface area contributed by atoms with Crippen molar-refractivity contribution in [3.8, 4) is 55.6 Å². The topological polar surface area (TPSA) is 109 Å². The number of carbonyl (C=O) groups excluding carboxylic acids is 2. The van der Waals surface area contributed by atoms with Crippen molar-refractivity contribution in [2.24, 2.45) is 0 Å². The molecule has 10 aromatic rings. The first-order valence-corrected chi connectivity index (χ1v) is 27.7. The summed E-state index contributed by atoms with van der Waals surface area (Å²) < 4.78 is 54.7. The van der Waals surface area contributed by atoms with Crippen molar-refractivity contribution >= 4 is 77.5 Å². The number of carbonyl (C=O) groups is 2. The van der Waals surface area contributed by atoms with Gasteiger partial charge in [0.25, 0.3) is 0 Å². The molecule has 0 saturated heterocycles. The van der Waals surface area contributed by atoms with Gasteiger partial charge in [-0.15, -0.1) is 0 Å². The lowest BCUT2D eigenvalue weighted by molar-refractivity contribution is 0.103. The predicted octanol–water partition coefficient (Wildman–Crippen LogP) is 15.6. The van der Waals surface area contributed by atoms with Gasteiger partial charge in [-0.3, -0.25) is 9.59 Å². The van der Waals surface area contributed by atoms with Crippen LogP contribution in [0, 0.1) is 0 Å². The molecule has 0 aromatic heterocycles. The highest BCUT2D eigenvalue weighted by atomic mass is 32.2. The monoisotopic (exact) mass is 1020 g/mol. The zero-order chi connectivity index (χ0) is 51.5. The second kappa shape index (κ2) is 17.0. The molecule has 4 aliphatic heterocycles. The smallest absolute Gasteiger partial charge is 0.211 e. The van der Waals surface area contributed by atoms with Crippen molar-refractivity contribution in [2.45, 2.75) is 9.79 Å². The van der Waals surface area contributed by atoms with Crippen LogP contribution in [0.15, 0.2) is 250 Å². The van der Waals surface area contributed by atoms with Gasteiger partial charge in [0.1, 0.15) is 9.81 Å². The summed E-state index contributed by atoms with van der Waals surface area (Å²) in [7, 11) is -7.99. The number of ketones is 2. The van der Waals surface area contributed by atoms with Crippen LogP contribution < -0.4 is 9.80 Å². The Morgan fingerprint density at radius 2 is 0.592 bits per heavy atom. The Bertz CT molecular complexity index is 4190. The van der Waals surface area contributed by atoms with E-state index in [9.17, 15) is 26.4 Å². The van der Waals surface area contributed by atoms with Crippen LogP contribution in [-0.4, -0.2) is 28.4 Å². The summed E-state index contributed by atoms with van der Waals surface area (Å²) in [5.41, 5.74) is 17.0. The molecule has 0 fully saturated rings. The van der Waals surface area contributed by atoms with E-state index in [1.807, 2.05) is 84.9 Å². The van der Waals surface area contributed by atoms with Gasteiger partial charge < -0.3 is 9.80 Å².